The van der Waals surface area contributed by atoms with E-state index in [4.69, 9.17) is 10.7 Å². The van der Waals surface area contributed by atoms with Gasteiger partial charge in [-0.1, -0.05) is 29.2 Å². The molecular formula is C7H6ClFS. The fraction of sp³-hybridized carbons (Fsp3) is 0.143. The molecule has 0 spiro atoms. The van der Waals surface area contributed by atoms with Gasteiger partial charge >= 0.3 is 0 Å². The quantitative estimate of drug-likeness (QED) is 0.667. The second kappa shape index (κ2) is 3.84. The molecule has 0 nitrogen and oxygen atoms in total. The SMILES string of the molecule is Fc1ccccc1CSCl. The molecule has 0 radical (unpaired) electrons. The number of benzene rings is 1. The smallest absolute Gasteiger partial charge is 0.127 e. The van der Waals surface area contributed by atoms with Gasteiger partial charge in [0.25, 0.3) is 0 Å². The second-order valence-corrected chi connectivity index (χ2v) is 3.01. The Kier molecular flexibility index (Phi) is 3.03. The largest absolute Gasteiger partial charge is 0.207 e. The van der Waals surface area contributed by atoms with E-state index in [2.05, 4.69) is 0 Å². The summed E-state index contributed by atoms with van der Waals surface area (Å²) in [5.41, 5.74) is 0.655. The summed E-state index contributed by atoms with van der Waals surface area (Å²) in [4.78, 5) is 0. The molecule has 0 N–H and O–H groups in total. The van der Waals surface area contributed by atoms with Crippen molar-refractivity contribution in [1.82, 2.24) is 0 Å². The lowest BCUT2D eigenvalue weighted by Crippen LogP contribution is -1.83. The minimum atomic E-state index is -0.185. The van der Waals surface area contributed by atoms with Crippen LogP contribution in [0.2, 0.25) is 0 Å². The summed E-state index contributed by atoms with van der Waals surface area (Å²) in [7, 11) is 6.46. The molecule has 1 rings (SSSR count). The Hall–Kier alpha value is -0.210. The lowest BCUT2D eigenvalue weighted by Gasteiger charge is -1.96. The van der Waals surface area contributed by atoms with Crippen molar-refractivity contribution >= 4 is 21.7 Å². The molecule has 1 aromatic rings. The highest BCUT2D eigenvalue weighted by atomic mass is 35.7. The molecule has 0 saturated heterocycles. The van der Waals surface area contributed by atoms with Gasteiger partial charge in [0.1, 0.15) is 5.82 Å². The van der Waals surface area contributed by atoms with Crippen LogP contribution in [0.4, 0.5) is 4.39 Å². The summed E-state index contributed by atoms with van der Waals surface area (Å²) in [5, 5.41) is 0. The van der Waals surface area contributed by atoms with Crippen LogP contribution < -0.4 is 0 Å². The lowest BCUT2D eigenvalue weighted by molar-refractivity contribution is 0.617. The summed E-state index contributed by atoms with van der Waals surface area (Å²) in [6.07, 6.45) is 0. The van der Waals surface area contributed by atoms with E-state index in [1.54, 1.807) is 18.2 Å². The molecule has 0 amide bonds. The van der Waals surface area contributed by atoms with Gasteiger partial charge in [-0.25, -0.2) is 4.39 Å². The van der Waals surface area contributed by atoms with Crippen molar-refractivity contribution in [3.05, 3.63) is 35.6 Å². The van der Waals surface area contributed by atoms with E-state index >= 15 is 0 Å². The zero-order valence-corrected chi connectivity index (χ0v) is 6.75. The third kappa shape index (κ3) is 1.89. The van der Waals surface area contributed by atoms with E-state index < -0.39 is 0 Å². The van der Waals surface area contributed by atoms with E-state index in [-0.39, 0.29) is 5.82 Å². The Bertz CT molecular complexity index is 215. The standard InChI is InChI=1S/C7H6ClFS/c8-10-5-6-3-1-2-4-7(6)9/h1-4H,5H2. The first kappa shape index (κ1) is 7.89. The molecule has 0 heterocycles. The summed E-state index contributed by atoms with van der Waals surface area (Å²) in [6, 6.07) is 6.62. The molecule has 0 fully saturated rings. The van der Waals surface area contributed by atoms with E-state index in [9.17, 15) is 4.39 Å². The molecular weight excluding hydrogens is 171 g/mol. The average Bonchev–Trinajstić information content (AvgIpc) is 1.94. The Labute approximate surface area is 67.9 Å². The van der Waals surface area contributed by atoms with Crippen LogP contribution in [0.5, 0.6) is 0 Å². The minimum Gasteiger partial charge on any atom is -0.207 e. The third-order valence-electron chi connectivity index (χ3n) is 1.17. The number of hydrogen-bond acceptors (Lipinski definition) is 1. The lowest BCUT2D eigenvalue weighted by atomic mass is 10.2. The van der Waals surface area contributed by atoms with Gasteiger partial charge in [0.05, 0.1) is 0 Å². The van der Waals surface area contributed by atoms with Crippen LogP contribution in [0.15, 0.2) is 24.3 Å². The maximum absolute atomic E-state index is 12.7. The van der Waals surface area contributed by atoms with Crippen molar-refractivity contribution in [2.45, 2.75) is 5.75 Å². The molecule has 3 heteroatoms. The predicted octanol–water partition coefficient (Wildman–Crippen LogP) is 3.21. The molecule has 54 valence electrons. The predicted molar refractivity (Wildman–Crippen MR) is 43.5 cm³/mol. The molecule has 0 unspecified atom stereocenters. The summed E-state index contributed by atoms with van der Waals surface area (Å²) in [5.74, 6) is 0.337. The van der Waals surface area contributed by atoms with Gasteiger partial charge in [0.2, 0.25) is 0 Å². The van der Waals surface area contributed by atoms with Gasteiger partial charge in [-0.2, -0.15) is 0 Å². The zero-order chi connectivity index (χ0) is 7.40. The van der Waals surface area contributed by atoms with E-state index in [1.165, 1.54) is 6.07 Å². The average molecular weight is 177 g/mol. The van der Waals surface area contributed by atoms with Gasteiger partial charge in [-0.3, -0.25) is 0 Å². The molecule has 0 bridgehead atoms. The Morgan fingerprint density at radius 2 is 2.10 bits per heavy atom. The molecule has 1 aromatic carbocycles. The van der Waals surface area contributed by atoms with Crippen molar-refractivity contribution in [3.63, 3.8) is 0 Å². The van der Waals surface area contributed by atoms with Gasteiger partial charge in [-0.15, -0.1) is 0 Å². The molecule has 0 saturated carbocycles. The van der Waals surface area contributed by atoms with E-state index in [0.717, 1.165) is 11.0 Å². The Morgan fingerprint density at radius 3 is 2.70 bits per heavy atom. The molecule has 0 atom stereocenters. The van der Waals surface area contributed by atoms with Crippen LogP contribution in [0.1, 0.15) is 5.56 Å². The number of rotatable bonds is 2. The van der Waals surface area contributed by atoms with Gasteiger partial charge in [0.15, 0.2) is 0 Å². The Morgan fingerprint density at radius 1 is 1.40 bits per heavy atom. The zero-order valence-electron chi connectivity index (χ0n) is 5.18. The fourth-order valence-electron chi connectivity index (χ4n) is 0.674. The van der Waals surface area contributed by atoms with Crippen LogP contribution in [0, 0.1) is 5.82 Å². The van der Waals surface area contributed by atoms with Crippen LogP contribution in [0.3, 0.4) is 0 Å². The summed E-state index contributed by atoms with van der Waals surface area (Å²) >= 11 is 0. The molecule has 0 aliphatic carbocycles. The third-order valence-corrected chi connectivity index (χ3v) is 1.92. The number of hydrogen-bond donors (Lipinski definition) is 0. The molecule has 10 heavy (non-hydrogen) atoms. The van der Waals surface area contributed by atoms with Gasteiger partial charge in [-0.05, 0) is 22.3 Å². The van der Waals surface area contributed by atoms with Crippen molar-refractivity contribution in [1.29, 1.82) is 0 Å². The van der Waals surface area contributed by atoms with Gasteiger partial charge < -0.3 is 0 Å². The highest BCUT2D eigenvalue weighted by Crippen LogP contribution is 2.17. The van der Waals surface area contributed by atoms with Crippen LogP contribution >= 0.6 is 21.7 Å². The van der Waals surface area contributed by atoms with Crippen molar-refractivity contribution in [3.8, 4) is 0 Å². The highest BCUT2D eigenvalue weighted by Gasteiger charge is 1.97. The first-order valence-corrected chi connectivity index (χ1v) is 4.62. The fourth-order valence-corrected chi connectivity index (χ4v) is 1.38. The van der Waals surface area contributed by atoms with Crippen molar-refractivity contribution in [2.75, 3.05) is 0 Å². The first-order valence-electron chi connectivity index (χ1n) is 2.81. The summed E-state index contributed by atoms with van der Waals surface area (Å²) in [6.45, 7) is 0. The normalized spacial score (nSPS) is 9.80. The monoisotopic (exact) mass is 176 g/mol. The first-order chi connectivity index (χ1) is 4.84. The topological polar surface area (TPSA) is 0 Å². The van der Waals surface area contributed by atoms with Crippen LogP contribution in [-0.4, -0.2) is 0 Å². The molecule has 0 aromatic heterocycles. The minimum absolute atomic E-state index is 0.185. The molecule has 0 aliphatic rings. The van der Waals surface area contributed by atoms with Crippen molar-refractivity contribution in [2.24, 2.45) is 0 Å². The van der Waals surface area contributed by atoms with Gasteiger partial charge in [0, 0.05) is 5.75 Å². The second-order valence-electron chi connectivity index (χ2n) is 1.84. The van der Waals surface area contributed by atoms with Crippen LogP contribution in [-0.2, 0) is 5.75 Å². The highest BCUT2D eigenvalue weighted by molar-refractivity contribution is 8.20. The van der Waals surface area contributed by atoms with Crippen molar-refractivity contribution < 1.29 is 4.39 Å². The molecule has 0 aliphatic heterocycles. The van der Waals surface area contributed by atoms with E-state index in [1.807, 2.05) is 0 Å². The van der Waals surface area contributed by atoms with E-state index in [0.29, 0.717) is 11.3 Å². The Balaban J connectivity index is 2.81. The van der Waals surface area contributed by atoms with Crippen LogP contribution in [0.25, 0.3) is 0 Å². The number of halogens is 2. The maximum atomic E-state index is 12.7. The maximum Gasteiger partial charge on any atom is 0.127 e. The summed E-state index contributed by atoms with van der Waals surface area (Å²) < 4.78 is 12.7.